The standard InChI is InChI=1S/C20H28N2O3/c1-4-25-20(10-6-5-7-11-20)19(23)22-17-8-9-18(16(12-17)13-21)24-14-15(2)3/h8-9,12,15H,4-7,10-11,14H2,1-3H3,(H,22,23). The number of hydrogen-bond acceptors (Lipinski definition) is 4. The van der Waals surface area contributed by atoms with Crippen molar-refractivity contribution in [3.63, 3.8) is 0 Å². The molecule has 5 nitrogen and oxygen atoms in total. The fourth-order valence-electron chi connectivity index (χ4n) is 3.16. The van der Waals surface area contributed by atoms with E-state index in [4.69, 9.17) is 9.47 Å². The second-order valence-corrected chi connectivity index (χ2v) is 6.97. The number of nitrogens with one attached hydrogen (secondary N) is 1. The predicted octanol–water partition coefficient (Wildman–Crippen LogP) is 4.27. The number of anilines is 1. The Hall–Kier alpha value is -2.06. The van der Waals surface area contributed by atoms with Gasteiger partial charge >= 0.3 is 0 Å². The van der Waals surface area contributed by atoms with Gasteiger partial charge in [0.25, 0.3) is 5.91 Å². The lowest BCUT2D eigenvalue weighted by Gasteiger charge is -2.35. The van der Waals surface area contributed by atoms with Gasteiger partial charge in [-0.25, -0.2) is 0 Å². The van der Waals surface area contributed by atoms with Crippen molar-refractivity contribution in [2.45, 2.75) is 58.5 Å². The third kappa shape index (κ3) is 4.96. The molecule has 25 heavy (non-hydrogen) atoms. The Kier molecular flexibility index (Phi) is 6.83. The molecule has 0 aromatic heterocycles. The number of benzene rings is 1. The van der Waals surface area contributed by atoms with Crippen LogP contribution in [0.1, 0.15) is 58.4 Å². The molecule has 1 amide bonds. The molecule has 1 N–H and O–H groups in total. The van der Waals surface area contributed by atoms with Gasteiger partial charge in [0.2, 0.25) is 0 Å². The zero-order valence-electron chi connectivity index (χ0n) is 15.4. The van der Waals surface area contributed by atoms with Gasteiger partial charge in [-0.2, -0.15) is 5.26 Å². The molecule has 0 saturated heterocycles. The minimum atomic E-state index is -0.743. The van der Waals surface area contributed by atoms with Gasteiger partial charge in [0, 0.05) is 12.3 Å². The number of amides is 1. The van der Waals surface area contributed by atoms with Gasteiger partial charge in [-0.15, -0.1) is 0 Å². The third-order valence-corrected chi connectivity index (χ3v) is 4.43. The van der Waals surface area contributed by atoms with Crippen molar-refractivity contribution in [2.75, 3.05) is 18.5 Å². The number of carbonyl (C=O) groups excluding carboxylic acids is 1. The molecular formula is C20H28N2O3. The smallest absolute Gasteiger partial charge is 0.256 e. The van der Waals surface area contributed by atoms with Crippen LogP contribution in [-0.2, 0) is 9.53 Å². The van der Waals surface area contributed by atoms with Crippen LogP contribution in [0.3, 0.4) is 0 Å². The van der Waals surface area contributed by atoms with Crippen LogP contribution in [-0.4, -0.2) is 24.7 Å². The maximum absolute atomic E-state index is 12.8. The largest absolute Gasteiger partial charge is 0.492 e. The molecule has 1 aliphatic carbocycles. The van der Waals surface area contributed by atoms with Crippen LogP contribution >= 0.6 is 0 Å². The van der Waals surface area contributed by atoms with Gasteiger partial charge in [0.05, 0.1) is 12.2 Å². The van der Waals surface area contributed by atoms with E-state index in [1.165, 1.54) is 0 Å². The third-order valence-electron chi connectivity index (χ3n) is 4.43. The van der Waals surface area contributed by atoms with Crippen LogP contribution in [0.4, 0.5) is 5.69 Å². The second-order valence-electron chi connectivity index (χ2n) is 6.97. The first kappa shape index (κ1) is 19.3. The number of carbonyl (C=O) groups is 1. The highest BCUT2D eigenvalue weighted by atomic mass is 16.5. The first-order valence-electron chi connectivity index (χ1n) is 9.13. The summed E-state index contributed by atoms with van der Waals surface area (Å²) in [6.45, 7) is 7.08. The Labute approximate surface area is 150 Å². The zero-order chi connectivity index (χ0) is 18.3. The average Bonchev–Trinajstić information content (AvgIpc) is 2.61. The average molecular weight is 344 g/mol. The molecule has 0 heterocycles. The van der Waals surface area contributed by atoms with Crippen molar-refractivity contribution >= 4 is 11.6 Å². The molecule has 1 saturated carbocycles. The lowest BCUT2D eigenvalue weighted by atomic mass is 9.83. The van der Waals surface area contributed by atoms with Gasteiger partial charge < -0.3 is 14.8 Å². The quantitative estimate of drug-likeness (QED) is 0.802. The number of nitriles is 1. The molecule has 2 rings (SSSR count). The van der Waals surface area contributed by atoms with E-state index in [-0.39, 0.29) is 5.91 Å². The fraction of sp³-hybridized carbons (Fsp3) is 0.600. The van der Waals surface area contributed by atoms with Crippen LogP contribution in [0, 0.1) is 17.2 Å². The summed E-state index contributed by atoms with van der Waals surface area (Å²) in [4.78, 5) is 12.8. The summed E-state index contributed by atoms with van der Waals surface area (Å²) in [5.74, 6) is 0.809. The Morgan fingerprint density at radius 3 is 2.64 bits per heavy atom. The summed E-state index contributed by atoms with van der Waals surface area (Å²) in [5, 5.41) is 12.3. The molecule has 1 aliphatic rings. The first-order chi connectivity index (χ1) is 12.0. The van der Waals surface area contributed by atoms with Gasteiger partial charge in [-0.1, -0.05) is 33.1 Å². The van der Waals surface area contributed by atoms with E-state index < -0.39 is 5.60 Å². The van der Waals surface area contributed by atoms with Gasteiger partial charge in [-0.05, 0) is 43.9 Å². The molecular weight excluding hydrogens is 316 g/mol. The van der Waals surface area contributed by atoms with Gasteiger partial charge in [-0.3, -0.25) is 4.79 Å². The van der Waals surface area contributed by atoms with Gasteiger partial charge in [0.1, 0.15) is 17.4 Å². The normalized spacial score (nSPS) is 16.3. The number of ether oxygens (including phenoxy) is 2. The van der Waals surface area contributed by atoms with E-state index in [2.05, 4.69) is 25.2 Å². The molecule has 0 spiro atoms. The van der Waals surface area contributed by atoms with Crippen molar-refractivity contribution < 1.29 is 14.3 Å². The lowest BCUT2D eigenvalue weighted by molar-refractivity contribution is -0.145. The van der Waals surface area contributed by atoms with Crippen molar-refractivity contribution in [1.29, 1.82) is 5.26 Å². The number of hydrogen-bond donors (Lipinski definition) is 1. The van der Waals surface area contributed by atoms with E-state index in [9.17, 15) is 10.1 Å². The van der Waals surface area contributed by atoms with Crippen LogP contribution in [0.25, 0.3) is 0 Å². The van der Waals surface area contributed by atoms with Crippen molar-refractivity contribution in [3.8, 4) is 11.8 Å². The molecule has 5 heteroatoms. The van der Waals surface area contributed by atoms with E-state index in [0.717, 1.165) is 32.1 Å². The molecule has 1 aromatic rings. The molecule has 1 aromatic carbocycles. The van der Waals surface area contributed by atoms with Crippen molar-refractivity contribution in [1.82, 2.24) is 0 Å². The first-order valence-corrected chi connectivity index (χ1v) is 9.13. The van der Waals surface area contributed by atoms with E-state index in [1.54, 1.807) is 18.2 Å². The van der Waals surface area contributed by atoms with E-state index in [0.29, 0.717) is 36.1 Å². The second kappa shape index (κ2) is 8.87. The minimum absolute atomic E-state index is 0.117. The maximum atomic E-state index is 12.8. The fourth-order valence-corrected chi connectivity index (χ4v) is 3.16. The summed E-state index contributed by atoms with van der Waals surface area (Å²) in [6.07, 6.45) is 4.63. The topological polar surface area (TPSA) is 71.3 Å². The highest BCUT2D eigenvalue weighted by Gasteiger charge is 2.40. The molecule has 136 valence electrons. The highest BCUT2D eigenvalue weighted by Crippen LogP contribution is 2.33. The summed E-state index contributed by atoms with van der Waals surface area (Å²) >= 11 is 0. The SMILES string of the molecule is CCOC1(C(=O)Nc2ccc(OCC(C)C)c(C#N)c2)CCCCC1. The Morgan fingerprint density at radius 1 is 1.32 bits per heavy atom. The summed E-state index contributed by atoms with van der Waals surface area (Å²) < 4.78 is 11.5. The van der Waals surface area contributed by atoms with Crippen molar-refractivity contribution in [2.24, 2.45) is 5.92 Å². The van der Waals surface area contributed by atoms with Crippen LogP contribution < -0.4 is 10.1 Å². The van der Waals surface area contributed by atoms with E-state index >= 15 is 0 Å². The molecule has 0 unspecified atom stereocenters. The van der Waals surface area contributed by atoms with Crippen LogP contribution in [0.2, 0.25) is 0 Å². The molecule has 0 aliphatic heterocycles. The molecule has 1 fully saturated rings. The minimum Gasteiger partial charge on any atom is -0.492 e. The summed E-state index contributed by atoms with van der Waals surface area (Å²) in [5.41, 5.74) is 0.280. The zero-order valence-corrected chi connectivity index (χ0v) is 15.4. The van der Waals surface area contributed by atoms with E-state index in [1.807, 2.05) is 6.92 Å². The summed E-state index contributed by atoms with van der Waals surface area (Å²) in [7, 11) is 0. The van der Waals surface area contributed by atoms with Crippen LogP contribution in [0.5, 0.6) is 5.75 Å². The monoisotopic (exact) mass is 344 g/mol. The van der Waals surface area contributed by atoms with Gasteiger partial charge in [0.15, 0.2) is 0 Å². The number of rotatable bonds is 7. The molecule has 0 radical (unpaired) electrons. The highest BCUT2D eigenvalue weighted by molar-refractivity contribution is 5.97. The van der Waals surface area contributed by atoms with Crippen LogP contribution in [0.15, 0.2) is 18.2 Å². The predicted molar refractivity (Wildman–Crippen MR) is 97.6 cm³/mol. The molecule has 0 atom stereocenters. The molecule has 0 bridgehead atoms. The number of nitrogens with zero attached hydrogens (tertiary/aromatic N) is 1. The lowest BCUT2D eigenvalue weighted by Crippen LogP contribution is -2.47. The Bertz CT molecular complexity index is 623. The Morgan fingerprint density at radius 2 is 2.04 bits per heavy atom. The van der Waals surface area contributed by atoms with Crippen molar-refractivity contribution in [3.05, 3.63) is 23.8 Å². The Balaban J connectivity index is 2.13. The maximum Gasteiger partial charge on any atom is 0.256 e. The summed E-state index contributed by atoms with van der Waals surface area (Å²) in [6, 6.07) is 7.32.